The summed E-state index contributed by atoms with van der Waals surface area (Å²) < 4.78 is 43.9. The molecule has 0 saturated carbocycles. The number of hydrogen-bond acceptors (Lipinski definition) is 4. The Kier molecular flexibility index (Phi) is 7.55. The highest BCUT2D eigenvalue weighted by molar-refractivity contribution is 5.97. The molecule has 1 atom stereocenters. The molecule has 0 aliphatic rings. The van der Waals surface area contributed by atoms with Crippen molar-refractivity contribution in [3.05, 3.63) is 90.0 Å². The van der Waals surface area contributed by atoms with E-state index in [-0.39, 0.29) is 12.3 Å². The molecule has 1 unspecified atom stereocenters. The zero-order valence-corrected chi connectivity index (χ0v) is 17.6. The molecular formula is C24H22F3N3O3. The molecule has 33 heavy (non-hydrogen) atoms. The van der Waals surface area contributed by atoms with Crippen molar-refractivity contribution < 1.29 is 27.5 Å². The average Bonchev–Trinajstić information content (AvgIpc) is 2.79. The summed E-state index contributed by atoms with van der Waals surface area (Å²) in [5, 5.41) is 8.21. The highest BCUT2D eigenvalue weighted by atomic mass is 19.4. The first kappa shape index (κ1) is 23.6. The Morgan fingerprint density at radius 3 is 2.15 bits per heavy atom. The predicted molar refractivity (Wildman–Crippen MR) is 120 cm³/mol. The van der Waals surface area contributed by atoms with Crippen molar-refractivity contribution in [1.29, 1.82) is 0 Å². The van der Waals surface area contributed by atoms with Crippen LogP contribution in [0.4, 0.5) is 35.0 Å². The number of nitrogens with one attached hydrogen (secondary N) is 3. The normalized spacial score (nSPS) is 11.9. The van der Waals surface area contributed by atoms with Gasteiger partial charge >= 0.3 is 12.3 Å². The SMILES string of the molecule is CCOC(=O)Nc1ccc(NC(C(=O)Nc2cccc(C(F)(F)F)c2)c2ccccc2)cc1. The third-order valence-electron chi connectivity index (χ3n) is 4.57. The molecule has 3 N–H and O–H groups in total. The van der Waals surface area contributed by atoms with Crippen molar-refractivity contribution in [2.24, 2.45) is 0 Å². The monoisotopic (exact) mass is 457 g/mol. The summed E-state index contributed by atoms with van der Waals surface area (Å²) in [7, 11) is 0. The second kappa shape index (κ2) is 10.5. The first-order valence-electron chi connectivity index (χ1n) is 10.1. The van der Waals surface area contributed by atoms with Crippen LogP contribution in [0.25, 0.3) is 0 Å². The van der Waals surface area contributed by atoms with Gasteiger partial charge < -0.3 is 15.4 Å². The number of carbonyl (C=O) groups is 2. The van der Waals surface area contributed by atoms with Crippen molar-refractivity contribution in [3.63, 3.8) is 0 Å². The lowest BCUT2D eigenvalue weighted by Crippen LogP contribution is -2.27. The van der Waals surface area contributed by atoms with Gasteiger partial charge in [-0.3, -0.25) is 10.1 Å². The summed E-state index contributed by atoms with van der Waals surface area (Å²) in [6, 6.07) is 18.9. The fourth-order valence-electron chi connectivity index (χ4n) is 3.03. The molecular weight excluding hydrogens is 435 g/mol. The van der Waals surface area contributed by atoms with Crippen molar-refractivity contribution >= 4 is 29.1 Å². The van der Waals surface area contributed by atoms with E-state index in [1.165, 1.54) is 12.1 Å². The van der Waals surface area contributed by atoms with Crippen LogP contribution in [0.15, 0.2) is 78.9 Å². The number of amides is 2. The average molecular weight is 457 g/mol. The first-order valence-corrected chi connectivity index (χ1v) is 10.1. The zero-order valence-electron chi connectivity index (χ0n) is 17.6. The fourth-order valence-corrected chi connectivity index (χ4v) is 3.03. The van der Waals surface area contributed by atoms with Gasteiger partial charge in [0.25, 0.3) is 5.91 Å². The number of halogens is 3. The minimum atomic E-state index is -4.52. The molecule has 0 aromatic heterocycles. The van der Waals surface area contributed by atoms with E-state index in [9.17, 15) is 22.8 Å². The van der Waals surface area contributed by atoms with Crippen LogP contribution in [-0.4, -0.2) is 18.6 Å². The van der Waals surface area contributed by atoms with Crippen LogP contribution in [0.2, 0.25) is 0 Å². The van der Waals surface area contributed by atoms with Crippen molar-refractivity contribution in [2.75, 3.05) is 22.6 Å². The highest BCUT2D eigenvalue weighted by Crippen LogP contribution is 2.31. The number of alkyl halides is 3. The number of rotatable bonds is 7. The van der Waals surface area contributed by atoms with E-state index in [0.29, 0.717) is 16.9 Å². The molecule has 0 saturated heterocycles. The van der Waals surface area contributed by atoms with Gasteiger partial charge in [-0.1, -0.05) is 36.4 Å². The van der Waals surface area contributed by atoms with Crippen LogP contribution in [-0.2, 0) is 15.7 Å². The Labute approximate surface area is 188 Å². The largest absolute Gasteiger partial charge is 0.450 e. The van der Waals surface area contributed by atoms with Gasteiger partial charge in [-0.25, -0.2) is 4.79 Å². The summed E-state index contributed by atoms with van der Waals surface area (Å²) in [6.07, 6.45) is -5.10. The lowest BCUT2D eigenvalue weighted by Gasteiger charge is -2.20. The van der Waals surface area contributed by atoms with Gasteiger partial charge in [0.15, 0.2) is 0 Å². The van der Waals surface area contributed by atoms with Gasteiger partial charge in [0.05, 0.1) is 12.2 Å². The molecule has 6 nitrogen and oxygen atoms in total. The van der Waals surface area contributed by atoms with E-state index in [2.05, 4.69) is 16.0 Å². The molecule has 0 fully saturated rings. The molecule has 172 valence electrons. The standard InChI is InChI=1S/C24H22F3N3O3/c1-2-33-23(32)30-19-13-11-18(12-14-19)28-21(16-7-4-3-5-8-16)22(31)29-20-10-6-9-17(15-20)24(25,26)27/h3-15,21,28H,2H2,1H3,(H,29,31)(H,30,32). The second-order valence-electron chi connectivity index (χ2n) is 6.98. The summed E-state index contributed by atoms with van der Waals surface area (Å²) in [4.78, 5) is 24.6. The molecule has 3 aromatic carbocycles. The van der Waals surface area contributed by atoms with Crippen molar-refractivity contribution in [2.45, 2.75) is 19.1 Å². The summed E-state index contributed by atoms with van der Waals surface area (Å²) >= 11 is 0. The van der Waals surface area contributed by atoms with E-state index in [4.69, 9.17) is 4.74 Å². The van der Waals surface area contributed by atoms with Gasteiger partial charge in [-0.05, 0) is 55.0 Å². The minimum Gasteiger partial charge on any atom is -0.450 e. The Morgan fingerprint density at radius 2 is 1.52 bits per heavy atom. The number of hydrogen-bond donors (Lipinski definition) is 3. The van der Waals surface area contributed by atoms with Crippen LogP contribution >= 0.6 is 0 Å². The number of ether oxygens (including phenoxy) is 1. The molecule has 0 aliphatic heterocycles. The second-order valence-corrected chi connectivity index (χ2v) is 6.98. The predicted octanol–water partition coefficient (Wildman–Crippen LogP) is 6.07. The fraction of sp³-hybridized carbons (Fsp3) is 0.167. The maximum absolute atomic E-state index is 13.0. The molecule has 0 radical (unpaired) electrons. The third kappa shape index (κ3) is 6.73. The van der Waals surface area contributed by atoms with Gasteiger partial charge in [0.1, 0.15) is 6.04 Å². The molecule has 9 heteroatoms. The van der Waals surface area contributed by atoms with Crippen LogP contribution in [0.1, 0.15) is 24.1 Å². The smallest absolute Gasteiger partial charge is 0.416 e. The number of anilines is 3. The Morgan fingerprint density at radius 1 is 0.848 bits per heavy atom. The lowest BCUT2D eigenvalue weighted by molar-refractivity contribution is -0.137. The number of benzene rings is 3. The van der Waals surface area contributed by atoms with E-state index < -0.39 is 29.8 Å². The quantitative estimate of drug-likeness (QED) is 0.403. The molecule has 0 heterocycles. The van der Waals surface area contributed by atoms with Gasteiger partial charge in [0, 0.05) is 17.1 Å². The van der Waals surface area contributed by atoms with Crippen LogP contribution < -0.4 is 16.0 Å². The molecule has 0 aliphatic carbocycles. The molecule has 0 spiro atoms. The Hall–Kier alpha value is -4.01. The van der Waals surface area contributed by atoms with E-state index in [1.54, 1.807) is 61.5 Å². The molecule has 0 bridgehead atoms. The maximum atomic E-state index is 13.0. The molecule has 2 amide bonds. The first-order chi connectivity index (χ1) is 15.8. The van der Waals surface area contributed by atoms with Gasteiger partial charge in [0.2, 0.25) is 0 Å². The third-order valence-corrected chi connectivity index (χ3v) is 4.57. The van der Waals surface area contributed by atoms with Crippen LogP contribution in [0.5, 0.6) is 0 Å². The van der Waals surface area contributed by atoms with Crippen molar-refractivity contribution in [1.82, 2.24) is 0 Å². The Bertz CT molecular complexity index is 1090. The Balaban J connectivity index is 1.78. The summed E-state index contributed by atoms with van der Waals surface area (Å²) in [6.45, 7) is 1.94. The summed E-state index contributed by atoms with van der Waals surface area (Å²) in [5.41, 5.74) is 0.873. The van der Waals surface area contributed by atoms with Gasteiger partial charge in [-0.15, -0.1) is 0 Å². The minimum absolute atomic E-state index is 0.0338. The van der Waals surface area contributed by atoms with E-state index >= 15 is 0 Å². The van der Waals surface area contributed by atoms with E-state index in [0.717, 1.165) is 12.1 Å². The number of carbonyl (C=O) groups excluding carboxylic acids is 2. The van der Waals surface area contributed by atoms with E-state index in [1.807, 2.05) is 0 Å². The summed E-state index contributed by atoms with van der Waals surface area (Å²) in [5.74, 6) is -0.533. The molecule has 3 rings (SSSR count). The lowest BCUT2D eigenvalue weighted by atomic mass is 10.1. The highest BCUT2D eigenvalue weighted by Gasteiger charge is 2.30. The van der Waals surface area contributed by atoms with Gasteiger partial charge in [-0.2, -0.15) is 13.2 Å². The molecule has 3 aromatic rings. The maximum Gasteiger partial charge on any atom is 0.416 e. The zero-order chi connectivity index (χ0) is 23.8. The van der Waals surface area contributed by atoms with Crippen molar-refractivity contribution in [3.8, 4) is 0 Å². The topological polar surface area (TPSA) is 79.5 Å². The van der Waals surface area contributed by atoms with Crippen LogP contribution in [0.3, 0.4) is 0 Å². The van der Waals surface area contributed by atoms with Crippen LogP contribution in [0, 0.1) is 0 Å².